The molecule has 0 amide bonds. The first-order valence-corrected chi connectivity index (χ1v) is 6.83. The Morgan fingerprint density at radius 1 is 1.47 bits per heavy atom. The van der Waals surface area contributed by atoms with Gasteiger partial charge in [0, 0.05) is 31.7 Å². The number of esters is 1. The summed E-state index contributed by atoms with van der Waals surface area (Å²) in [5.74, 6) is -0.0369. The summed E-state index contributed by atoms with van der Waals surface area (Å²) in [6.45, 7) is 3.87. The van der Waals surface area contributed by atoms with E-state index in [0.29, 0.717) is 0 Å². The van der Waals surface area contributed by atoms with Gasteiger partial charge in [-0.1, -0.05) is 30.3 Å². The summed E-state index contributed by atoms with van der Waals surface area (Å²) in [5, 5.41) is 3.51. The van der Waals surface area contributed by atoms with Crippen molar-refractivity contribution < 1.29 is 9.53 Å². The number of piperazine rings is 1. The van der Waals surface area contributed by atoms with Crippen LogP contribution in [0.1, 0.15) is 12.0 Å². The third kappa shape index (κ3) is 2.51. The highest BCUT2D eigenvalue weighted by atomic mass is 16.5. The van der Waals surface area contributed by atoms with E-state index in [1.165, 1.54) is 12.7 Å². The molecule has 19 heavy (non-hydrogen) atoms. The lowest BCUT2D eigenvalue weighted by Crippen LogP contribution is -2.53. The molecule has 0 bridgehead atoms. The van der Waals surface area contributed by atoms with Gasteiger partial charge in [0.2, 0.25) is 0 Å². The van der Waals surface area contributed by atoms with Crippen molar-refractivity contribution in [3.8, 4) is 0 Å². The van der Waals surface area contributed by atoms with Crippen molar-refractivity contribution in [1.82, 2.24) is 10.2 Å². The summed E-state index contributed by atoms with van der Waals surface area (Å²) in [6, 6.07) is 10.5. The van der Waals surface area contributed by atoms with E-state index in [1.54, 1.807) is 0 Å². The van der Waals surface area contributed by atoms with Gasteiger partial charge in [0.15, 0.2) is 0 Å². The number of rotatable bonds is 3. The van der Waals surface area contributed by atoms with Crippen LogP contribution in [0.25, 0.3) is 0 Å². The molecule has 0 radical (unpaired) electrons. The minimum absolute atomic E-state index is 0.0277. The lowest BCUT2D eigenvalue weighted by Gasteiger charge is -2.34. The van der Waals surface area contributed by atoms with Crippen LogP contribution >= 0.6 is 0 Å². The van der Waals surface area contributed by atoms with E-state index in [-0.39, 0.29) is 17.4 Å². The number of hydrogen-bond donors (Lipinski definition) is 1. The van der Waals surface area contributed by atoms with Gasteiger partial charge in [-0.25, -0.2) is 0 Å². The van der Waals surface area contributed by atoms with Crippen LogP contribution in [0.15, 0.2) is 30.3 Å². The topological polar surface area (TPSA) is 41.6 Å². The molecule has 2 unspecified atom stereocenters. The highest BCUT2D eigenvalue weighted by Crippen LogP contribution is 2.46. The molecule has 1 saturated carbocycles. The Balaban J connectivity index is 1.62. The number of carbonyl (C=O) groups is 1. The predicted octanol–water partition coefficient (Wildman–Crippen LogP) is 1.02. The lowest BCUT2D eigenvalue weighted by molar-refractivity contribution is -0.143. The molecule has 4 heteroatoms. The average molecular weight is 260 g/mol. The Labute approximate surface area is 113 Å². The van der Waals surface area contributed by atoms with Crippen LogP contribution in [0, 0.1) is 5.92 Å². The van der Waals surface area contributed by atoms with Crippen LogP contribution in [0.5, 0.6) is 0 Å². The minimum atomic E-state index is -0.0749. The first-order valence-electron chi connectivity index (χ1n) is 6.83. The summed E-state index contributed by atoms with van der Waals surface area (Å²) in [7, 11) is 1.47. The molecule has 1 aliphatic carbocycles. The maximum absolute atomic E-state index is 11.6. The van der Waals surface area contributed by atoms with Crippen molar-refractivity contribution in [2.75, 3.05) is 26.7 Å². The molecule has 1 spiro atoms. The second kappa shape index (κ2) is 4.94. The smallest absolute Gasteiger partial charge is 0.310 e. The third-order valence-electron chi connectivity index (χ3n) is 4.22. The fourth-order valence-corrected chi connectivity index (χ4v) is 3.10. The Morgan fingerprint density at radius 2 is 2.26 bits per heavy atom. The van der Waals surface area contributed by atoms with Crippen LogP contribution in [0.4, 0.5) is 0 Å². The lowest BCUT2D eigenvalue weighted by atomic mass is 10.1. The Kier molecular flexibility index (Phi) is 3.29. The molecule has 1 N–H and O–H groups in total. The van der Waals surface area contributed by atoms with Crippen LogP contribution in [0.3, 0.4) is 0 Å². The van der Waals surface area contributed by atoms with Gasteiger partial charge in [0.1, 0.15) is 0 Å². The molecule has 4 nitrogen and oxygen atoms in total. The van der Waals surface area contributed by atoms with Crippen molar-refractivity contribution in [1.29, 1.82) is 0 Å². The zero-order valence-electron chi connectivity index (χ0n) is 11.3. The molecule has 2 aliphatic rings. The highest BCUT2D eigenvalue weighted by Gasteiger charge is 2.60. The molecule has 1 saturated heterocycles. The molecule has 2 atom stereocenters. The molecule has 3 rings (SSSR count). The standard InChI is InChI=1S/C15H20N2O2/c1-19-14(18)13-9-15(13)11-17(8-7-16-15)10-12-5-3-2-4-6-12/h2-6,13,16H,7-11H2,1H3. The number of hydrogen-bond acceptors (Lipinski definition) is 4. The molecular weight excluding hydrogens is 240 g/mol. The Hall–Kier alpha value is -1.39. The van der Waals surface area contributed by atoms with Gasteiger partial charge in [0.25, 0.3) is 0 Å². The van der Waals surface area contributed by atoms with Crippen molar-refractivity contribution in [2.24, 2.45) is 5.92 Å². The molecule has 1 aliphatic heterocycles. The Morgan fingerprint density at radius 3 is 3.00 bits per heavy atom. The van der Waals surface area contributed by atoms with Crippen molar-refractivity contribution in [2.45, 2.75) is 18.5 Å². The molecular formula is C15H20N2O2. The maximum atomic E-state index is 11.6. The van der Waals surface area contributed by atoms with E-state index in [9.17, 15) is 4.79 Å². The molecule has 2 fully saturated rings. The molecule has 1 heterocycles. The SMILES string of the molecule is COC(=O)C1CC12CN(Cc1ccccc1)CCN2. The van der Waals surface area contributed by atoms with E-state index < -0.39 is 0 Å². The zero-order chi connectivity index (χ0) is 13.3. The monoisotopic (exact) mass is 260 g/mol. The number of methoxy groups -OCH3 is 1. The van der Waals surface area contributed by atoms with E-state index in [4.69, 9.17) is 4.74 Å². The highest BCUT2D eigenvalue weighted by molar-refractivity contribution is 5.78. The van der Waals surface area contributed by atoms with Crippen molar-refractivity contribution in [3.05, 3.63) is 35.9 Å². The van der Waals surface area contributed by atoms with Crippen LogP contribution in [0.2, 0.25) is 0 Å². The fraction of sp³-hybridized carbons (Fsp3) is 0.533. The zero-order valence-corrected chi connectivity index (χ0v) is 11.3. The van der Waals surface area contributed by atoms with Gasteiger partial charge in [-0.3, -0.25) is 9.69 Å². The number of nitrogens with one attached hydrogen (secondary N) is 1. The largest absolute Gasteiger partial charge is 0.469 e. The van der Waals surface area contributed by atoms with Gasteiger partial charge in [-0.15, -0.1) is 0 Å². The first-order chi connectivity index (χ1) is 9.23. The molecule has 1 aromatic carbocycles. The number of ether oxygens (including phenoxy) is 1. The third-order valence-corrected chi connectivity index (χ3v) is 4.22. The molecule has 102 valence electrons. The average Bonchev–Trinajstić information content (AvgIpc) is 3.12. The summed E-state index contributed by atoms with van der Waals surface area (Å²) in [5.41, 5.74) is 1.30. The fourth-order valence-electron chi connectivity index (χ4n) is 3.10. The van der Waals surface area contributed by atoms with E-state index in [2.05, 4.69) is 34.5 Å². The molecule has 0 aromatic heterocycles. The van der Waals surface area contributed by atoms with Crippen molar-refractivity contribution in [3.63, 3.8) is 0 Å². The number of carbonyl (C=O) groups excluding carboxylic acids is 1. The maximum Gasteiger partial charge on any atom is 0.310 e. The van der Waals surface area contributed by atoms with Gasteiger partial charge in [-0.05, 0) is 12.0 Å². The summed E-state index contributed by atoms with van der Waals surface area (Å²) in [6.07, 6.45) is 0.908. The van der Waals surface area contributed by atoms with Crippen LogP contribution in [-0.4, -0.2) is 43.2 Å². The van der Waals surface area contributed by atoms with Crippen LogP contribution in [-0.2, 0) is 16.1 Å². The van der Waals surface area contributed by atoms with E-state index in [1.807, 2.05) is 6.07 Å². The van der Waals surface area contributed by atoms with E-state index >= 15 is 0 Å². The van der Waals surface area contributed by atoms with Crippen LogP contribution < -0.4 is 5.32 Å². The van der Waals surface area contributed by atoms with Gasteiger partial charge in [-0.2, -0.15) is 0 Å². The number of nitrogens with zero attached hydrogens (tertiary/aromatic N) is 1. The summed E-state index contributed by atoms with van der Waals surface area (Å²) >= 11 is 0. The second-order valence-electron chi connectivity index (χ2n) is 5.56. The minimum Gasteiger partial charge on any atom is -0.469 e. The normalized spacial score (nSPS) is 30.3. The predicted molar refractivity (Wildman–Crippen MR) is 72.6 cm³/mol. The first kappa shape index (κ1) is 12.6. The summed E-state index contributed by atoms with van der Waals surface area (Å²) in [4.78, 5) is 14.1. The quantitative estimate of drug-likeness (QED) is 0.824. The van der Waals surface area contributed by atoms with Gasteiger partial charge < -0.3 is 10.1 Å². The van der Waals surface area contributed by atoms with E-state index in [0.717, 1.165) is 32.6 Å². The summed E-state index contributed by atoms with van der Waals surface area (Å²) < 4.78 is 4.86. The molecule has 1 aromatic rings. The van der Waals surface area contributed by atoms with Crippen molar-refractivity contribution >= 4 is 5.97 Å². The number of benzene rings is 1. The van der Waals surface area contributed by atoms with Gasteiger partial charge >= 0.3 is 5.97 Å². The Bertz CT molecular complexity index is 462. The second-order valence-corrected chi connectivity index (χ2v) is 5.56. The van der Waals surface area contributed by atoms with Gasteiger partial charge in [0.05, 0.1) is 13.0 Å².